The summed E-state index contributed by atoms with van der Waals surface area (Å²) in [6.07, 6.45) is 5.23. The zero-order chi connectivity index (χ0) is 28.5. The Morgan fingerprint density at radius 3 is 2.56 bits per heavy atom. The average Bonchev–Trinajstić information content (AvgIpc) is 3.69. The molecule has 220 valence electrons. The molecule has 1 heterocycles. The molecule has 1 aromatic rings. The summed E-state index contributed by atoms with van der Waals surface area (Å²) >= 11 is 0. The van der Waals surface area contributed by atoms with Crippen LogP contribution in [0.2, 0.25) is 0 Å². The van der Waals surface area contributed by atoms with E-state index in [-0.39, 0.29) is 42.7 Å². The number of ether oxygens (including phenoxy) is 2. The number of hydrogen-bond acceptors (Lipinski definition) is 6. The van der Waals surface area contributed by atoms with Crippen molar-refractivity contribution in [2.45, 2.75) is 91.0 Å². The van der Waals surface area contributed by atoms with E-state index in [1.54, 1.807) is 23.1 Å². The summed E-state index contributed by atoms with van der Waals surface area (Å²) in [6, 6.07) is 4.43. The van der Waals surface area contributed by atoms with Gasteiger partial charge in [-0.2, -0.15) is 0 Å². The minimum absolute atomic E-state index is 0.0195. The average molecular weight is 547 g/mol. The number of fused-ring (bicyclic) bond motifs is 1. The molecule has 3 N–H and O–H groups in total. The number of nitrogens with one attached hydrogen (secondary N) is 2. The zero-order valence-electron chi connectivity index (χ0n) is 24.7. The molecule has 0 unspecified atom stereocenters. The number of anilines is 1. The molecule has 39 heavy (non-hydrogen) atoms. The standard InChI is InChI=1S/C30H50N4O5/c1-20(2)31-30(37)32-25-12-13-27-26(15-25)29(36)34(22(4)19-35)16-21(3)28(18-33(6)17-24-10-11-24)38-14-8-7-9-23(5)39-27/h12-13,15,20-24,28,35H,7-11,14,16-19H2,1-6H3,(H2,31,32,37)/t21-,22+,23-,28-/m0/s1. The molecule has 1 fully saturated rings. The molecule has 0 saturated heterocycles. The molecule has 1 aliphatic carbocycles. The Balaban J connectivity index is 1.91. The van der Waals surface area contributed by atoms with Crippen LogP contribution in [0.25, 0.3) is 0 Å². The second-order valence-electron chi connectivity index (χ2n) is 11.9. The lowest BCUT2D eigenvalue weighted by atomic mass is 10.0. The smallest absolute Gasteiger partial charge is 0.319 e. The maximum absolute atomic E-state index is 14.1. The van der Waals surface area contributed by atoms with Gasteiger partial charge >= 0.3 is 6.03 Å². The maximum atomic E-state index is 14.1. The molecule has 1 aliphatic heterocycles. The highest BCUT2D eigenvalue weighted by atomic mass is 16.5. The number of aliphatic hydroxyl groups excluding tert-OH is 1. The van der Waals surface area contributed by atoms with Crippen LogP contribution in [0.5, 0.6) is 5.75 Å². The Kier molecular flexibility index (Phi) is 11.9. The van der Waals surface area contributed by atoms with E-state index in [9.17, 15) is 14.7 Å². The van der Waals surface area contributed by atoms with Crippen LogP contribution < -0.4 is 15.4 Å². The zero-order valence-corrected chi connectivity index (χ0v) is 24.7. The molecular formula is C30H50N4O5. The number of carbonyl (C=O) groups is 2. The number of aliphatic hydroxyl groups is 1. The minimum atomic E-state index is -0.399. The van der Waals surface area contributed by atoms with Gasteiger partial charge < -0.3 is 35.0 Å². The molecule has 0 aromatic heterocycles. The Morgan fingerprint density at radius 2 is 1.90 bits per heavy atom. The highest BCUT2D eigenvalue weighted by molar-refractivity contribution is 5.99. The largest absolute Gasteiger partial charge is 0.490 e. The number of carbonyl (C=O) groups excluding carboxylic acids is 2. The van der Waals surface area contributed by atoms with Crippen LogP contribution in [-0.2, 0) is 4.74 Å². The predicted octanol–water partition coefficient (Wildman–Crippen LogP) is 4.35. The predicted molar refractivity (Wildman–Crippen MR) is 154 cm³/mol. The van der Waals surface area contributed by atoms with Crippen LogP contribution in [-0.4, -0.2) is 91.0 Å². The van der Waals surface area contributed by atoms with Crippen molar-refractivity contribution < 1.29 is 24.2 Å². The molecule has 9 nitrogen and oxygen atoms in total. The summed E-state index contributed by atoms with van der Waals surface area (Å²) in [5.74, 6) is 1.09. The normalized spacial score (nSPS) is 24.1. The van der Waals surface area contributed by atoms with E-state index in [0.717, 1.165) is 38.3 Å². The summed E-state index contributed by atoms with van der Waals surface area (Å²) in [7, 11) is 2.15. The van der Waals surface area contributed by atoms with Gasteiger partial charge in [-0.25, -0.2) is 4.79 Å². The summed E-state index contributed by atoms with van der Waals surface area (Å²) in [5.41, 5.74) is 0.877. The van der Waals surface area contributed by atoms with Crippen molar-refractivity contribution in [3.63, 3.8) is 0 Å². The van der Waals surface area contributed by atoms with Gasteiger partial charge in [0, 0.05) is 43.9 Å². The summed E-state index contributed by atoms with van der Waals surface area (Å²) in [5, 5.41) is 15.7. The summed E-state index contributed by atoms with van der Waals surface area (Å²) < 4.78 is 12.7. The van der Waals surface area contributed by atoms with Crippen LogP contribution in [0.1, 0.15) is 77.1 Å². The van der Waals surface area contributed by atoms with Crippen molar-refractivity contribution in [1.82, 2.24) is 15.1 Å². The fraction of sp³-hybridized carbons (Fsp3) is 0.733. The first-order valence-corrected chi connectivity index (χ1v) is 14.7. The third-order valence-electron chi connectivity index (χ3n) is 7.49. The van der Waals surface area contributed by atoms with Gasteiger partial charge in [-0.3, -0.25) is 4.79 Å². The molecule has 4 atom stereocenters. The van der Waals surface area contributed by atoms with E-state index in [2.05, 4.69) is 29.5 Å². The molecule has 2 aliphatic rings. The number of urea groups is 1. The molecule has 1 saturated carbocycles. The summed E-state index contributed by atoms with van der Waals surface area (Å²) in [6.45, 7) is 12.6. The Morgan fingerprint density at radius 1 is 1.15 bits per heavy atom. The molecule has 3 rings (SSSR count). The lowest BCUT2D eigenvalue weighted by Gasteiger charge is -2.36. The molecule has 3 amide bonds. The SMILES string of the molecule is CC(C)NC(=O)Nc1ccc2c(c1)C(=O)N([C@H](C)CO)C[C@H](C)[C@H](CN(C)CC1CC1)OCCCC[C@H](C)O2. The fourth-order valence-electron chi connectivity index (χ4n) is 5.02. The quantitative estimate of drug-likeness (QED) is 0.448. The van der Waals surface area contributed by atoms with E-state index in [4.69, 9.17) is 9.47 Å². The number of rotatable bonds is 8. The second kappa shape index (κ2) is 14.9. The molecule has 1 aromatic carbocycles. The van der Waals surface area contributed by atoms with Gasteiger partial charge in [-0.15, -0.1) is 0 Å². The van der Waals surface area contributed by atoms with Crippen molar-refractivity contribution in [3.05, 3.63) is 23.8 Å². The Labute approximate surface area is 234 Å². The van der Waals surface area contributed by atoms with Crippen molar-refractivity contribution >= 4 is 17.6 Å². The number of benzene rings is 1. The first-order valence-electron chi connectivity index (χ1n) is 14.7. The first kappa shape index (κ1) is 31.2. The van der Waals surface area contributed by atoms with Gasteiger partial charge in [0.05, 0.1) is 30.4 Å². The lowest BCUT2D eigenvalue weighted by Crippen LogP contribution is -2.47. The molecular weight excluding hydrogens is 496 g/mol. The highest BCUT2D eigenvalue weighted by Crippen LogP contribution is 2.30. The van der Waals surface area contributed by atoms with Gasteiger partial charge in [-0.05, 0) is 91.0 Å². The van der Waals surface area contributed by atoms with Crippen LogP contribution >= 0.6 is 0 Å². The topological polar surface area (TPSA) is 103 Å². The number of hydrogen-bond donors (Lipinski definition) is 3. The Bertz CT molecular complexity index is 938. The van der Waals surface area contributed by atoms with E-state index >= 15 is 0 Å². The van der Waals surface area contributed by atoms with E-state index in [1.165, 1.54) is 12.8 Å². The van der Waals surface area contributed by atoms with Gasteiger partial charge in [-0.1, -0.05) is 6.92 Å². The van der Waals surface area contributed by atoms with E-state index < -0.39 is 6.04 Å². The van der Waals surface area contributed by atoms with Crippen molar-refractivity contribution in [1.29, 1.82) is 0 Å². The maximum Gasteiger partial charge on any atom is 0.319 e. The van der Waals surface area contributed by atoms with Gasteiger partial charge in [0.15, 0.2) is 0 Å². The van der Waals surface area contributed by atoms with Crippen LogP contribution in [0.3, 0.4) is 0 Å². The number of likely N-dealkylation sites (N-methyl/N-ethyl adjacent to an activating group) is 1. The van der Waals surface area contributed by atoms with Crippen LogP contribution in [0, 0.1) is 11.8 Å². The molecule has 9 heteroatoms. The lowest BCUT2D eigenvalue weighted by molar-refractivity contribution is -0.0172. The van der Waals surface area contributed by atoms with Crippen LogP contribution in [0.15, 0.2) is 18.2 Å². The van der Waals surface area contributed by atoms with Gasteiger partial charge in [0.25, 0.3) is 5.91 Å². The monoisotopic (exact) mass is 546 g/mol. The van der Waals surface area contributed by atoms with E-state index in [0.29, 0.717) is 30.2 Å². The number of amides is 3. The van der Waals surface area contributed by atoms with Crippen LogP contribution in [0.4, 0.5) is 10.5 Å². The molecule has 0 radical (unpaired) electrons. The highest BCUT2D eigenvalue weighted by Gasteiger charge is 2.31. The fourth-order valence-corrected chi connectivity index (χ4v) is 5.02. The van der Waals surface area contributed by atoms with Gasteiger partial charge in [0.1, 0.15) is 5.75 Å². The van der Waals surface area contributed by atoms with E-state index in [1.807, 2.05) is 27.7 Å². The Hall–Kier alpha value is -2.36. The second-order valence-corrected chi connectivity index (χ2v) is 11.9. The third-order valence-corrected chi connectivity index (χ3v) is 7.49. The van der Waals surface area contributed by atoms with Crippen molar-refractivity contribution in [3.8, 4) is 5.75 Å². The minimum Gasteiger partial charge on any atom is -0.490 e. The van der Waals surface area contributed by atoms with Gasteiger partial charge in [0.2, 0.25) is 0 Å². The molecule has 0 spiro atoms. The first-order chi connectivity index (χ1) is 18.6. The third kappa shape index (κ3) is 9.96. The molecule has 0 bridgehead atoms. The van der Waals surface area contributed by atoms with Crippen molar-refractivity contribution in [2.75, 3.05) is 45.2 Å². The van der Waals surface area contributed by atoms with Crippen molar-refractivity contribution in [2.24, 2.45) is 11.8 Å². The summed E-state index contributed by atoms with van der Waals surface area (Å²) in [4.78, 5) is 30.5. The number of nitrogens with zero attached hydrogens (tertiary/aromatic N) is 2.